The van der Waals surface area contributed by atoms with E-state index in [2.05, 4.69) is 5.32 Å². The molecule has 1 aromatic heterocycles. The van der Waals surface area contributed by atoms with Crippen LogP contribution in [0.3, 0.4) is 0 Å². The first-order valence-corrected chi connectivity index (χ1v) is 7.81. The molecule has 5 heteroatoms. The van der Waals surface area contributed by atoms with Crippen molar-refractivity contribution in [1.29, 1.82) is 0 Å². The fourth-order valence-corrected chi connectivity index (χ4v) is 3.74. The summed E-state index contributed by atoms with van der Waals surface area (Å²) in [6.45, 7) is 0. The smallest absolute Gasteiger partial charge is 0.265 e. The van der Waals surface area contributed by atoms with Gasteiger partial charge >= 0.3 is 0 Å². The number of rotatable bonds is 2. The Morgan fingerprint density at radius 3 is 2.85 bits per heavy atom. The third-order valence-electron chi connectivity index (χ3n) is 3.48. The average Bonchev–Trinajstić information content (AvgIpc) is 2.87. The summed E-state index contributed by atoms with van der Waals surface area (Å²) >= 11 is 7.51. The van der Waals surface area contributed by atoms with Gasteiger partial charge in [0.1, 0.15) is 0 Å². The van der Waals surface area contributed by atoms with Gasteiger partial charge in [0.25, 0.3) is 5.91 Å². The molecule has 0 saturated carbocycles. The molecule has 104 valence electrons. The maximum absolute atomic E-state index is 12.3. The summed E-state index contributed by atoms with van der Waals surface area (Å²) in [4.78, 5) is 14.4. The van der Waals surface area contributed by atoms with Crippen molar-refractivity contribution in [3.63, 3.8) is 0 Å². The lowest BCUT2D eigenvalue weighted by atomic mass is 9.99. The molecule has 3 rings (SSSR count). The van der Waals surface area contributed by atoms with Gasteiger partial charge in [0.2, 0.25) is 0 Å². The van der Waals surface area contributed by atoms with Gasteiger partial charge in [-0.25, -0.2) is 0 Å². The summed E-state index contributed by atoms with van der Waals surface area (Å²) in [6.07, 6.45) is 4.60. The molecule has 3 N–H and O–H groups in total. The Hall–Kier alpha value is -1.52. The molecule has 0 spiro atoms. The van der Waals surface area contributed by atoms with E-state index in [1.165, 1.54) is 23.3 Å². The van der Waals surface area contributed by atoms with E-state index in [-0.39, 0.29) is 5.91 Å². The van der Waals surface area contributed by atoms with Crippen LogP contribution in [-0.2, 0) is 12.8 Å². The molecule has 0 saturated heterocycles. The Morgan fingerprint density at radius 1 is 1.25 bits per heavy atom. The van der Waals surface area contributed by atoms with Crippen molar-refractivity contribution < 1.29 is 4.79 Å². The van der Waals surface area contributed by atoms with Crippen LogP contribution in [0.1, 0.15) is 33.0 Å². The maximum atomic E-state index is 12.3. The Kier molecular flexibility index (Phi) is 3.68. The Morgan fingerprint density at radius 2 is 2.05 bits per heavy atom. The molecular weight excluding hydrogens is 292 g/mol. The average molecular weight is 307 g/mol. The monoisotopic (exact) mass is 306 g/mol. The van der Waals surface area contributed by atoms with Crippen molar-refractivity contribution in [3.8, 4) is 0 Å². The van der Waals surface area contributed by atoms with Gasteiger partial charge < -0.3 is 11.1 Å². The molecule has 1 heterocycles. The number of nitrogens with one attached hydrogen (secondary N) is 1. The van der Waals surface area contributed by atoms with Crippen LogP contribution in [0.2, 0.25) is 5.02 Å². The number of carbonyl (C=O) groups excluding carboxylic acids is 1. The predicted molar refractivity (Wildman–Crippen MR) is 84.8 cm³/mol. The van der Waals surface area contributed by atoms with Gasteiger partial charge in [-0.15, -0.1) is 11.3 Å². The van der Waals surface area contributed by atoms with E-state index in [1.54, 1.807) is 29.5 Å². The van der Waals surface area contributed by atoms with Crippen molar-refractivity contribution in [2.75, 3.05) is 11.1 Å². The number of aryl methyl sites for hydroxylation is 2. The third kappa shape index (κ3) is 2.67. The van der Waals surface area contributed by atoms with E-state index in [1.807, 2.05) is 6.07 Å². The molecule has 2 aromatic rings. The lowest BCUT2D eigenvalue weighted by molar-refractivity contribution is 0.103. The van der Waals surface area contributed by atoms with Crippen LogP contribution in [0.5, 0.6) is 0 Å². The molecule has 0 atom stereocenters. The first-order chi connectivity index (χ1) is 9.63. The summed E-state index contributed by atoms with van der Waals surface area (Å²) in [6, 6.07) is 7.07. The molecule has 1 aliphatic rings. The molecule has 1 amide bonds. The lowest BCUT2D eigenvalue weighted by Crippen LogP contribution is -2.11. The SMILES string of the molecule is Nc1ccc(Cl)cc1NC(=O)c1cc2c(s1)CCCC2. The van der Waals surface area contributed by atoms with Crippen molar-refractivity contribution in [2.45, 2.75) is 25.7 Å². The first-order valence-electron chi connectivity index (χ1n) is 6.61. The summed E-state index contributed by atoms with van der Waals surface area (Å²) in [5.74, 6) is -0.113. The van der Waals surface area contributed by atoms with Crippen LogP contribution in [0, 0.1) is 0 Å². The largest absolute Gasteiger partial charge is 0.397 e. The molecule has 0 bridgehead atoms. The zero-order chi connectivity index (χ0) is 14.1. The van der Waals surface area contributed by atoms with Crippen LogP contribution in [0.4, 0.5) is 11.4 Å². The highest BCUT2D eigenvalue weighted by Gasteiger charge is 2.17. The summed E-state index contributed by atoms with van der Waals surface area (Å²) in [5, 5.41) is 3.39. The van der Waals surface area contributed by atoms with E-state index in [4.69, 9.17) is 17.3 Å². The molecular formula is C15H15ClN2OS. The zero-order valence-corrected chi connectivity index (χ0v) is 12.5. The fourth-order valence-electron chi connectivity index (χ4n) is 2.42. The number of hydrogen-bond acceptors (Lipinski definition) is 3. The molecule has 3 nitrogen and oxygen atoms in total. The quantitative estimate of drug-likeness (QED) is 0.820. The fraction of sp³-hybridized carbons (Fsp3) is 0.267. The highest BCUT2D eigenvalue weighted by Crippen LogP contribution is 2.31. The van der Waals surface area contributed by atoms with Crippen molar-refractivity contribution >= 4 is 40.2 Å². The normalized spacial score (nSPS) is 13.8. The van der Waals surface area contributed by atoms with Gasteiger partial charge in [-0.3, -0.25) is 4.79 Å². The van der Waals surface area contributed by atoms with Crippen LogP contribution in [-0.4, -0.2) is 5.91 Å². The van der Waals surface area contributed by atoms with E-state index in [0.29, 0.717) is 16.4 Å². The number of hydrogen-bond donors (Lipinski definition) is 2. The Labute approximate surface area is 126 Å². The van der Waals surface area contributed by atoms with E-state index in [9.17, 15) is 4.79 Å². The highest BCUT2D eigenvalue weighted by molar-refractivity contribution is 7.14. The van der Waals surface area contributed by atoms with Gasteiger partial charge in [0.15, 0.2) is 0 Å². The minimum absolute atomic E-state index is 0.113. The number of fused-ring (bicyclic) bond motifs is 1. The summed E-state index contributed by atoms with van der Waals surface area (Å²) < 4.78 is 0. The lowest BCUT2D eigenvalue weighted by Gasteiger charge is -2.08. The number of halogens is 1. The molecule has 1 aliphatic carbocycles. The van der Waals surface area contributed by atoms with E-state index in [0.717, 1.165) is 17.7 Å². The molecule has 0 radical (unpaired) electrons. The predicted octanol–water partition coefficient (Wildman–Crippen LogP) is 4.11. The highest BCUT2D eigenvalue weighted by atomic mass is 35.5. The number of nitrogens with two attached hydrogens (primary N) is 1. The molecule has 20 heavy (non-hydrogen) atoms. The number of anilines is 2. The minimum Gasteiger partial charge on any atom is -0.397 e. The second-order valence-electron chi connectivity index (χ2n) is 4.95. The number of amides is 1. The van der Waals surface area contributed by atoms with Gasteiger partial charge in [0, 0.05) is 9.90 Å². The molecule has 1 aromatic carbocycles. The van der Waals surface area contributed by atoms with Crippen LogP contribution in [0.15, 0.2) is 24.3 Å². The van der Waals surface area contributed by atoms with Gasteiger partial charge in [-0.2, -0.15) is 0 Å². The van der Waals surface area contributed by atoms with Crippen molar-refractivity contribution in [3.05, 3.63) is 44.6 Å². The molecule has 0 aliphatic heterocycles. The second-order valence-corrected chi connectivity index (χ2v) is 6.53. The Balaban J connectivity index is 1.82. The van der Waals surface area contributed by atoms with Crippen molar-refractivity contribution in [1.82, 2.24) is 0 Å². The van der Waals surface area contributed by atoms with E-state index < -0.39 is 0 Å². The van der Waals surface area contributed by atoms with Crippen LogP contribution < -0.4 is 11.1 Å². The summed E-state index contributed by atoms with van der Waals surface area (Å²) in [7, 11) is 0. The van der Waals surface area contributed by atoms with Gasteiger partial charge in [-0.05, 0) is 55.5 Å². The maximum Gasteiger partial charge on any atom is 0.265 e. The number of benzene rings is 1. The van der Waals surface area contributed by atoms with Gasteiger partial charge in [-0.1, -0.05) is 11.6 Å². The topological polar surface area (TPSA) is 55.1 Å². The molecule has 0 fully saturated rings. The second kappa shape index (κ2) is 5.46. The number of carbonyl (C=O) groups is 1. The first kappa shape index (κ1) is 13.5. The zero-order valence-electron chi connectivity index (χ0n) is 10.9. The van der Waals surface area contributed by atoms with E-state index >= 15 is 0 Å². The van der Waals surface area contributed by atoms with Gasteiger partial charge in [0.05, 0.1) is 16.3 Å². The van der Waals surface area contributed by atoms with Crippen molar-refractivity contribution in [2.24, 2.45) is 0 Å². The minimum atomic E-state index is -0.113. The van der Waals surface area contributed by atoms with Crippen LogP contribution >= 0.6 is 22.9 Å². The summed E-state index contributed by atoms with van der Waals surface area (Å²) in [5.41, 5.74) is 8.25. The third-order valence-corrected chi connectivity index (χ3v) is 4.95. The number of thiophene rings is 1. The Bertz CT molecular complexity index is 642. The molecule has 0 unspecified atom stereocenters. The standard InChI is InChI=1S/C15H15ClN2OS/c16-10-5-6-11(17)12(8-10)18-15(19)14-7-9-3-1-2-4-13(9)20-14/h5-8H,1-4,17H2,(H,18,19). The number of nitrogen functional groups attached to an aromatic ring is 1. The van der Waals surface area contributed by atoms with Crippen LogP contribution in [0.25, 0.3) is 0 Å².